The first-order valence-electron chi connectivity index (χ1n) is 7.07. The van der Waals surface area contributed by atoms with Gasteiger partial charge in [-0.05, 0) is 31.2 Å². The monoisotopic (exact) mass is 402 g/mol. The maximum Gasteiger partial charge on any atom is 0.350 e. The summed E-state index contributed by atoms with van der Waals surface area (Å²) in [6.45, 7) is 1.61. The molecule has 0 atom stereocenters. The van der Waals surface area contributed by atoms with Gasteiger partial charge in [0.2, 0.25) is 5.91 Å². The summed E-state index contributed by atoms with van der Waals surface area (Å²) in [6, 6.07) is 5.73. The molecule has 7 nitrogen and oxygen atoms in total. The first-order valence-corrected chi connectivity index (χ1v) is 9.91. The number of aryl methyl sites for hydroxylation is 1. The Bertz CT molecular complexity index is 891. The number of carbonyl (C=O) groups excluding carboxylic acids is 2. The van der Waals surface area contributed by atoms with E-state index in [0.29, 0.717) is 10.7 Å². The largest absolute Gasteiger partial charge is 0.465 e. The molecule has 25 heavy (non-hydrogen) atoms. The van der Waals surface area contributed by atoms with Crippen molar-refractivity contribution in [1.82, 2.24) is 4.98 Å². The second kappa shape index (κ2) is 7.94. The molecule has 1 amide bonds. The number of halogens is 1. The number of sulfone groups is 1. The Labute approximate surface area is 153 Å². The van der Waals surface area contributed by atoms with E-state index in [1.54, 1.807) is 6.92 Å². The number of esters is 1. The minimum Gasteiger partial charge on any atom is -0.465 e. The fraction of sp³-hybridized carbons (Fsp3) is 0.267. The lowest BCUT2D eigenvalue weighted by molar-refractivity contribution is -0.115. The van der Waals surface area contributed by atoms with E-state index in [9.17, 15) is 18.0 Å². The molecule has 2 rings (SSSR count). The van der Waals surface area contributed by atoms with Gasteiger partial charge in [-0.3, -0.25) is 4.79 Å². The van der Waals surface area contributed by atoms with Crippen LogP contribution < -0.4 is 5.32 Å². The van der Waals surface area contributed by atoms with E-state index in [1.807, 2.05) is 0 Å². The number of aromatic nitrogens is 1. The normalized spacial score (nSPS) is 11.2. The predicted molar refractivity (Wildman–Crippen MR) is 94.9 cm³/mol. The van der Waals surface area contributed by atoms with Gasteiger partial charge in [0, 0.05) is 11.4 Å². The van der Waals surface area contributed by atoms with E-state index in [0.717, 1.165) is 11.3 Å². The second-order valence-electron chi connectivity index (χ2n) is 5.00. The summed E-state index contributed by atoms with van der Waals surface area (Å²) in [5.74, 6) is -1.40. The highest BCUT2D eigenvalue weighted by molar-refractivity contribution is 7.91. The van der Waals surface area contributed by atoms with Gasteiger partial charge >= 0.3 is 5.97 Å². The maximum absolute atomic E-state index is 12.2. The first-order chi connectivity index (χ1) is 11.7. The van der Waals surface area contributed by atoms with E-state index in [1.165, 1.54) is 31.4 Å². The Hall–Kier alpha value is -1.97. The number of hydrogen-bond donors (Lipinski definition) is 1. The molecule has 2 aromatic rings. The standard InChI is InChI=1S/C15H15ClN2O5S2/c1-9-13(14(20)23-2)24-15(17-9)18-12(19)7-8-25(21,22)11-5-3-10(16)4-6-11/h3-6H,7-8H2,1-2H3,(H,17,18,19). The number of anilines is 1. The summed E-state index contributed by atoms with van der Waals surface area (Å²) in [5, 5.41) is 3.13. The number of ether oxygens (including phenoxy) is 1. The summed E-state index contributed by atoms with van der Waals surface area (Å²) < 4.78 is 29.0. The summed E-state index contributed by atoms with van der Waals surface area (Å²) in [6.07, 6.45) is -0.239. The van der Waals surface area contributed by atoms with Gasteiger partial charge in [-0.1, -0.05) is 22.9 Å². The van der Waals surface area contributed by atoms with Crippen LogP contribution in [0.5, 0.6) is 0 Å². The van der Waals surface area contributed by atoms with Crippen molar-refractivity contribution in [3.05, 3.63) is 39.9 Å². The first kappa shape index (κ1) is 19.4. The fourth-order valence-electron chi connectivity index (χ4n) is 1.90. The zero-order chi connectivity index (χ0) is 18.6. The molecule has 0 radical (unpaired) electrons. The van der Waals surface area contributed by atoms with Crippen LogP contribution in [0.2, 0.25) is 5.02 Å². The Balaban J connectivity index is 1.99. The summed E-state index contributed by atoms with van der Waals surface area (Å²) in [5.41, 5.74) is 0.431. The third-order valence-corrected chi connectivity index (χ3v) is 6.22. The number of nitrogens with one attached hydrogen (secondary N) is 1. The molecule has 1 N–H and O–H groups in total. The molecule has 0 saturated heterocycles. The molecular formula is C15H15ClN2O5S2. The zero-order valence-corrected chi connectivity index (χ0v) is 15.8. The predicted octanol–water partition coefficient (Wildman–Crippen LogP) is 2.69. The van der Waals surface area contributed by atoms with Crippen molar-refractivity contribution in [3.8, 4) is 0 Å². The van der Waals surface area contributed by atoms with Crippen LogP contribution in [0.15, 0.2) is 29.2 Å². The van der Waals surface area contributed by atoms with Gasteiger partial charge in [0.05, 0.1) is 23.5 Å². The topological polar surface area (TPSA) is 102 Å². The Morgan fingerprint density at radius 2 is 1.92 bits per heavy atom. The van der Waals surface area contributed by atoms with Crippen molar-refractivity contribution in [3.63, 3.8) is 0 Å². The number of methoxy groups -OCH3 is 1. The molecule has 0 saturated carbocycles. The molecule has 0 fully saturated rings. The Morgan fingerprint density at radius 3 is 2.52 bits per heavy atom. The van der Waals surface area contributed by atoms with E-state index < -0.39 is 21.7 Å². The van der Waals surface area contributed by atoms with Crippen LogP contribution in [0.4, 0.5) is 5.13 Å². The molecule has 1 aromatic carbocycles. The van der Waals surface area contributed by atoms with Gasteiger partial charge in [-0.25, -0.2) is 18.2 Å². The highest BCUT2D eigenvalue weighted by Gasteiger charge is 2.19. The Morgan fingerprint density at radius 1 is 1.28 bits per heavy atom. The van der Waals surface area contributed by atoms with Crippen LogP contribution >= 0.6 is 22.9 Å². The molecule has 0 aliphatic heterocycles. The summed E-state index contributed by atoms with van der Waals surface area (Å²) >= 11 is 6.70. The average molecular weight is 403 g/mol. The molecule has 0 bridgehead atoms. The van der Waals surface area contributed by atoms with Gasteiger partial charge in [0.1, 0.15) is 4.88 Å². The quantitative estimate of drug-likeness (QED) is 0.745. The van der Waals surface area contributed by atoms with Crippen LogP contribution in [0, 0.1) is 6.92 Å². The molecule has 0 aliphatic carbocycles. The average Bonchev–Trinajstić information content (AvgIpc) is 2.93. The van der Waals surface area contributed by atoms with Gasteiger partial charge in [-0.2, -0.15) is 0 Å². The van der Waals surface area contributed by atoms with Gasteiger partial charge < -0.3 is 10.1 Å². The molecule has 0 spiro atoms. The van der Waals surface area contributed by atoms with Gasteiger partial charge in [-0.15, -0.1) is 0 Å². The lowest BCUT2D eigenvalue weighted by Crippen LogP contribution is -2.17. The van der Waals surface area contributed by atoms with Crippen LogP contribution in [0.1, 0.15) is 21.8 Å². The van der Waals surface area contributed by atoms with Crippen LogP contribution in [0.3, 0.4) is 0 Å². The lowest BCUT2D eigenvalue weighted by atomic mass is 10.4. The van der Waals surface area contributed by atoms with Crippen LogP contribution in [0.25, 0.3) is 0 Å². The van der Waals surface area contributed by atoms with Gasteiger partial charge in [0.25, 0.3) is 0 Å². The van der Waals surface area contributed by atoms with Crippen molar-refractivity contribution >= 4 is 49.8 Å². The number of thiazole rings is 1. The van der Waals surface area contributed by atoms with Crippen LogP contribution in [-0.4, -0.2) is 38.1 Å². The molecule has 10 heteroatoms. The van der Waals surface area contributed by atoms with Crippen molar-refractivity contribution < 1.29 is 22.7 Å². The molecule has 0 aliphatic rings. The van der Waals surface area contributed by atoms with Crippen LogP contribution in [-0.2, 0) is 19.4 Å². The number of amides is 1. The van der Waals surface area contributed by atoms with Crippen molar-refractivity contribution in [2.75, 3.05) is 18.2 Å². The minimum atomic E-state index is -3.60. The number of hydrogen-bond acceptors (Lipinski definition) is 7. The lowest BCUT2D eigenvalue weighted by Gasteiger charge is -2.04. The third-order valence-electron chi connectivity index (χ3n) is 3.18. The summed E-state index contributed by atoms with van der Waals surface area (Å²) in [4.78, 5) is 27.9. The van der Waals surface area contributed by atoms with Crippen molar-refractivity contribution in [1.29, 1.82) is 0 Å². The van der Waals surface area contributed by atoms with E-state index in [-0.39, 0.29) is 27.1 Å². The third kappa shape index (κ3) is 5.00. The fourth-order valence-corrected chi connectivity index (χ4v) is 4.17. The number of benzene rings is 1. The van der Waals surface area contributed by atoms with E-state index in [2.05, 4.69) is 15.0 Å². The van der Waals surface area contributed by atoms with Crippen molar-refractivity contribution in [2.45, 2.75) is 18.2 Å². The minimum absolute atomic E-state index is 0.0998. The second-order valence-corrected chi connectivity index (χ2v) is 8.54. The number of rotatable bonds is 6. The Kier molecular flexibility index (Phi) is 6.15. The summed E-state index contributed by atoms with van der Waals surface area (Å²) in [7, 11) is -2.34. The molecular weight excluding hydrogens is 388 g/mol. The smallest absolute Gasteiger partial charge is 0.350 e. The molecule has 1 heterocycles. The highest BCUT2D eigenvalue weighted by atomic mass is 35.5. The van der Waals surface area contributed by atoms with E-state index in [4.69, 9.17) is 11.6 Å². The zero-order valence-electron chi connectivity index (χ0n) is 13.4. The molecule has 0 unspecified atom stereocenters. The van der Waals surface area contributed by atoms with Gasteiger partial charge in [0.15, 0.2) is 15.0 Å². The molecule has 1 aromatic heterocycles. The van der Waals surface area contributed by atoms with E-state index >= 15 is 0 Å². The SMILES string of the molecule is COC(=O)c1sc(NC(=O)CCS(=O)(=O)c2ccc(Cl)cc2)nc1C. The van der Waals surface area contributed by atoms with Crippen molar-refractivity contribution in [2.24, 2.45) is 0 Å². The highest BCUT2D eigenvalue weighted by Crippen LogP contribution is 2.23. The number of nitrogens with zero attached hydrogens (tertiary/aromatic N) is 1. The molecule has 134 valence electrons. The maximum atomic E-state index is 12.2. The number of carbonyl (C=O) groups is 2.